The summed E-state index contributed by atoms with van der Waals surface area (Å²) in [7, 11) is 0. The van der Waals surface area contributed by atoms with E-state index in [9.17, 15) is 14.0 Å². The smallest absolute Gasteiger partial charge is 0.333 e. The molecule has 1 aliphatic heterocycles. The number of anilines is 1. The van der Waals surface area contributed by atoms with Gasteiger partial charge in [-0.3, -0.25) is 4.79 Å². The normalized spacial score (nSPS) is 14.9. The predicted octanol–water partition coefficient (Wildman–Crippen LogP) is 4.50. The van der Waals surface area contributed by atoms with Crippen LogP contribution in [0.15, 0.2) is 84.6 Å². The second kappa shape index (κ2) is 7.98. The largest absolute Gasteiger partial charge is 0.489 e. The van der Waals surface area contributed by atoms with E-state index < -0.39 is 11.9 Å². The molecule has 5 nitrogen and oxygen atoms in total. The first-order valence-electron chi connectivity index (χ1n) is 9.00. The summed E-state index contributed by atoms with van der Waals surface area (Å²) in [5.74, 6) is -0.232. The highest BCUT2D eigenvalue weighted by Gasteiger charge is 2.34. The molecule has 0 bridgehead atoms. The van der Waals surface area contributed by atoms with E-state index in [1.165, 1.54) is 6.07 Å². The fourth-order valence-corrected chi connectivity index (χ4v) is 2.98. The van der Waals surface area contributed by atoms with Crippen molar-refractivity contribution in [3.05, 3.63) is 102 Å². The minimum Gasteiger partial charge on any atom is -0.489 e. The van der Waals surface area contributed by atoms with Gasteiger partial charge < -0.3 is 10.1 Å². The summed E-state index contributed by atoms with van der Waals surface area (Å²) in [5.41, 5.74) is 1.80. The van der Waals surface area contributed by atoms with Gasteiger partial charge in [-0.15, -0.1) is 0 Å². The maximum Gasteiger partial charge on any atom is 0.333 e. The third kappa shape index (κ3) is 4.01. The van der Waals surface area contributed by atoms with Crippen LogP contribution in [0.4, 0.5) is 14.9 Å². The number of urea groups is 1. The zero-order chi connectivity index (χ0) is 20.2. The molecule has 3 aromatic carbocycles. The number of nitrogens with one attached hydrogen (secondary N) is 1. The number of hydrogen-bond acceptors (Lipinski definition) is 3. The monoisotopic (exact) mass is 388 g/mol. The van der Waals surface area contributed by atoms with Gasteiger partial charge in [0.25, 0.3) is 5.91 Å². The molecule has 1 N–H and O–H groups in total. The zero-order valence-electron chi connectivity index (χ0n) is 15.3. The molecule has 4 rings (SSSR count). The third-order valence-electron chi connectivity index (χ3n) is 4.41. The lowest BCUT2D eigenvalue weighted by molar-refractivity contribution is -0.113. The van der Waals surface area contributed by atoms with Crippen LogP contribution < -0.4 is 15.0 Å². The van der Waals surface area contributed by atoms with Gasteiger partial charge in [0.15, 0.2) is 0 Å². The molecule has 0 spiro atoms. The Morgan fingerprint density at radius 3 is 2.48 bits per heavy atom. The molecular formula is C23H17FN2O3. The second-order valence-electron chi connectivity index (χ2n) is 6.42. The van der Waals surface area contributed by atoms with Gasteiger partial charge >= 0.3 is 6.03 Å². The van der Waals surface area contributed by atoms with E-state index >= 15 is 0 Å². The first-order valence-corrected chi connectivity index (χ1v) is 9.00. The van der Waals surface area contributed by atoms with Gasteiger partial charge in [-0.1, -0.05) is 48.5 Å². The summed E-state index contributed by atoms with van der Waals surface area (Å²) >= 11 is 0. The van der Waals surface area contributed by atoms with Crippen LogP contribution in [0.2, 0.25) is 0 Å². The molecule has 6 heteroatoms. The highest BCUT2D eigenvalue weighted by atomic mass is 19.1. The van der Waals surface area contributed by atoms with E-state index in [0.717, 1.165) is 4.90 Å². The number of imide groups is 1. The Balaban J connectivity index is 1.51. The summed E-state index contributed by atoms with van der Waals surface area (Å²) < 4.78 is 19.4. The number of carbonyl (C=O) groups excluding carboxylic acids is 2. The van der Waals surface area contributed by atoms with Crippen molar-refractivity contribution in [1.29, 1.82) is 0 Å². The highest BCUT2D eigenvalue weighted by Crippen LogP contribution is 2.23. The van der Waals surface area contributed by atoms with E-state index in [1.807, 2.05) is 6.07 Å². The summed E-state index contributed by atoms with van der Waals surface area (Å²) in [4.78, 5) is 26.0. The van der Waals surface area contributed by atoms with Crippen LogP contribution in [0.25, 0.3) is 6.08 Å². The van der Waals surface area contributed by atoms with Crippen molar-refractivity contribution in [3.8, 4) is 5.75 Å². The van der Waals surface area contributed by atoms with Crippen molar-refractivity contribution in [3.63, 3.8) is 0 Å². The van der Waals surface area contributed by atoms with Gasteiger partial charge in [-0.25, -0.2) is 14.1 Å². The summed E-state index contributed by atoms with van der Waals surface area (Å²) in [6.45, 7) is 0.0874. The Morgan fingerprint density at radius 2 is 1.69 bits per heavy atom. The average Bonchev–Trinajstić information content (AvgIpc) is 3.01. The van der Waals surface area contributed by atoms with Crippen LogP contribution in [0.5, 0.6) is 5.75 Å². The van der Waals surface area contributed by atoms with Crippen molar-refractivity contribution in [2.75, 3.05) is 4.90 Å². The molecule has 0 saturated carbocycles. The first-order chi connectivity index (χ1) is 14.1. The molecule has 29 heavy (non-hydrogen) atoms. The third-order valence-corrected chi connectivity index (χ3v) is 4.41. The van der Waals surface area contributed by atoms with E-state index in [4.69, 9.17) is 4.74 Å². The SMILES string of the molecule is O=C1N/C(=C/c2cccc(OCc3ccccc3F)c2)C(=O)N1c1ccccc1. The summed E-state index contributed by atoms with van der Waals surface area (Å²) in [6, 6.07) is 21.6. The second-order valence-corrected chi connectivity index (χ2v) is 6.42. The standard InChI is InChI=1S/C23H17FN2O3/c24-20-12-5-4-8-17(20)15-29-19-11-6-7-16(13-19)14-21-22(27)26(23(28)25-21)18-9-2-1-3-10-18/h1-14H,15H2,(H,25,28)/b21-14+. The lowest BCUT2D eigenvalue weighted by Gasteiger charge is -2.10. The average molecular weight is 388 g/mol. The van der Waals surface area contributed by atoms with Crippen molar-refractivity contribution < 1.29 is 18.7 Å². The lowest BCUT2D eigenvalue weighted by atomic mass is 10.1. The molecule has 144 valence electrons. The number of rotatable bonds is 5. The Bertz CT molecular complexity index is 1100. The van der Waals surface area contributed by atoms with Gasteiger partial charge in [0, 0.05) is 5.56 Å². The lowest BCUT2D eigenvalue weighted by Crippen LogP contribution is -2.30. The maximum atomic E-state index is 13.7. The number of ether oxygens (including phenoxy) is 1. The quantitative estimate of drug-likeness (QED) is 0.517. The first kappa shape index (κ1) is 18.4. The van der Waals surface area contributed by atoms with Crippen LogP contribution >= 0.6 is 0 Å². The number of halogens is 1. The molecule has 3 amide bonds. The van der Waals surface area contributed by atoms with E-state index in [0.29, 0.717) is 22.6 Å². The van der Waals surface area contributed by atoms with Gasteiger partial charge in [0.1, 0.15) is 23.9 Å². The number of amides is 3. The Kier molecular flexibility index (Phi) is 5.07. The Labute approximate surface area is 167 Å². The van der Waals surface area contributed by atoms with Crippen LogP contribution in [-0.2, 0) is 11.4 Å². The van der Waals surface area contributed by atoms with Crippen LogP contribution in [-0.4, -0.2) is 11.9 Å². The fraction of sp³-hybridized carbons (Fsp3) is 0.0435. The molecule has 0 aromatic heterocycles. The van der Waals surface area contributed by atoms with E-state index in [-0.39, 0.29) is 18.1 Å². The van der Waals surface area contributed by atoms with Crippen molar-refractivity contribution in [2.24, 2.45) is 0 Å². The summed E-state index contributed by atoms with van der Waals surface area (Å²) in [5, 5.41) is 2.59. The maximum absolute atomic E-state index is 13.7. The molecule has 0 unspecified atom stereocenters. The van der Waals surface area contributed by atoms with Crippen molar-refractivity contribution in [2.45, 2.75) is 6.61 Å². The molecular weight excluding hydrogens is 371 g/mol. The van der Waals surface area contributed by atoms with Crippen molar-refractivity contribution >= 4 is 23.7 Å². The molecule has 0 radical (unpaired) electrons. The van der Waals surface area contributed by atoms with Gasteiger partial charge in [-0.2, -0.15) is 0 Å². The molecule has 0 aliphatic carbocycles. The predicted molar refractivity (Wildman–Crippen MR) is 108 cm³/mol. The van der Waals surface area contributed by atoms with Gasteiger partial charge in [0.2, 0.25) is 0 Å². The number of hydrogen-bond donors (Lipinski definition) is 1. The van der Waals surface area contributed by atoms with Gasteiger partial charge in [-0.05, 0) is 42.0 Å². The zero-order valence-corrected chi connectivity index (χ0v) is 15.3. The number of para-hydroxylation sites is 1. The fourth-order valence-electron chi connectivity index (χ4n) is 2.98. The van der Waals surface area contributed by atoms with Crippen LogP contribution in [0, 0.1) is 5.82 Å². The molecule has 1 aliphatic rings. The van der Waals surface area contributed by atoms with E-state index in [2.05, 4.69) is 5.32 Å². The molecule has 3 aromatic rings. The minimum absolute atomic E-state index is 0.0874. The molecule has 0 atom stereocenters. The topological polar surface area (TPSA) is 58.6 Å². The van der Waals surface area contributed by atoms with Gasteiger partial charge in [0.05, 0.1) is 5.69 Å². The van der Waals surface area contributed by atoms with Crippen molar-refractivity contribution in [1.82, 2.24) is 5.32 Å². The molecule has 1 saturated heterocycles. The van der Waals surface area contributed by atoms with Crippen LogP contribution in [0.1, 0.15) is 11.1 Å². The molecule has 1 heterocycles. The Hall–Kier alpha value is -3.93. The number of benzene rings is 3. The minimum atomic E-state index is -0.501. The molecule has 1 fully saturated rings. The summed E-state index contributed by atoms with van der Waals surface area (Å²) in [6.07, 6.45) is 1.58. The highest BCUT2D eigenvalue weighted by molar-refractivity contribution is 6.28. The van der Waals surface area contributed by atoms with Crippen LogP contribution in [0.3, 0.4) is 0 Å². The van der Waals surface area contributed by atoms with E-state index in [1.54, 1.807) is 72.8 Å². The number of carbonyl (C=O) groups is 2. The Morgan fingerprint density at radius 1 is 0.931 bits per heavy atom. The number of nitrogens with zero attached hydrogens (tertiary/aromatic N) is 1.